The quantitative estimate of drug-likeness (QED) is 0.637. The molecule has 2 heteroatoms. The molecule has 0 aromatic heterocycles. The highest BCUT2D eigenvalue weighted by molar-refractivity contribution is 4.88. The average molecular weight is 182 g/mol. The van der Waals surface area contributed by atoms with Crippen molar-refractivity contribution in [3.63, 3.8) is 0 Å². The molecule has 0 radical (unpaired) electrons. The number of nitrogens with zero attached hydrogens (tertiary/aromatic N) is 2. The normalized spacial score (nSPS) is 37.4. The fourth-order valence-electron chi connectivity index (χ4n) is 2.52. The molecule has 0 spiro atoms. The first-order chi connectivity index (χ1) is 6.29. The minimum atomic E-state index is 0.943. The molecule has 1 aliphatic heterocycles. The fourth-order valence-corrected chi connectivity index (χ4v) is 2.52. The van der Waals surface area contributed by atoms with Crippen LogP contribution in [0.3, 0.4) is 0 Å². The number of rotatable bonds is 2. The summed E-state index contributed by atoms with van der Waals surface area (Å²) < 4.78 is 0. The molecule has 0 atom stereocenters. The molecule has 0 amide bonds. The Kier molecular flexibility index (Phi) is 2.89. The van der Waals surface area contributed by atoms with Gasteiger partial charge in [-0.2, -0.15) is 0 Å². The van der Waals surface area contributed by atoms with Crippen molar-refractivity contribution < 1.29 is 0 Å². The van der Waals surface area contributed by atoms with Gasteiger partial charge in [0.15, 0.2) is 0 Å². The van der Waals surface area contributed by atoms with Crippen molar-refractivity contribution in [2.75, 3.05) is 33.2 Å². The number of piperazine rings is 1. The molecule has 13 heavy (non-hydrogen) atoms. The van der Waals surface area contributed by atoms with E-state index in [1.165, 1.54) is 45.4 Å². The van der Waals surface area contributed by atoms with Crippen molar-refractivity contribution in [1.29, 1.82) is 0 Å². The third-order valence-corrected chi connectivity index (χ3v) is 3.84. The number of hydrogen-bond donors (Lipinski definition) is 0. The molecule has 2 nitrogen and oxygen atoms in total. The summed E-state index contributed by atoms with van der Waals surface area (Å²) in [5.74, 6) is 1.05. The Labute approximate surface area is 81.9 Å². The molecule has 2 rings (SSSR count). The van der Waals surface area contributed by atoms with E-state index in [1.54, 1.807) is 0 Å². The van der Waals surface area contributed by atoms with Crippen LogP contribution >= 0.6 is 0 Å². The van der Waals surface area contributed by atoms with Gasteiger partial charge >= 0.3 is 0 Å². The van der Waals surface area contributed by atoms with Gasteiger partial charge in [-0.05, 0) is 25.8 Å². The first-order valence-corrected chi connectivity index (χ1v) is 5.72. The minimum absolute atomic E-state index is 0.943. The maximum absolute atomic E-state index is 2.70. The van der Waals surface area contributed by atoms with Gasteiger partial charge in [0.05, 0.1) is 0 Å². The Morgan fingerprint density at radius 3 is 2.23 bits per heavy atom. The van der Waals surface area contributed by atoms with Gasteiger partial charge in [-0.1, -0.05) is 13.3 Å². The zero-order valence-electron chi connectivity index (χ0n) is 9.00. The summed E-state index contributed by atoms with van der Waals surface area (Å²) in [5, 5.41) is 0. The average Bonchev–Trinajstić information content (AvgIpc) is 2.06. The van der Waals surface area contributed by atoms with Crippen LogP contribution in [0, 0.1) is 5.92 Å². The van der Waals surface area contributed by atoms with Crippen LogP contribution in [0.2, 0.25) is 0 Å². The van der Waals surface area contributed by atoms with Crippen molar-refractivity contribution in [1.82, 2.24) is 9.80 Å². The molecule has 76 valence electrons. The second-order valence-electron chi connectivity index (χ2n) is 4.74. The highest BCUT2D eigenvalue weighted by atomic mass is 15.3. The maximum Gasteiger partial charge on any atom is 0.0113 e. The standard InChI is InChI=1S/C11H22N2/c1-3-10-8-11(9-10)13-6-4-12(2)5-7-13/h10-11H,3-9H2,1-2H3. The van der Waals surface area contributed by atoms with E-state index in [4.69, 9.17) is 0 Å². The molecule has 0 unspecified atom stereocenters. The van der Waals surface area contributed by atoms with Crippen LogP contribution in [0.4, 0.5) is 0 Å². The minimum Gasteiger partial charge on any atom is -0.304 e. The second-order valence-corrected chi connectivity index (χ2v) is 4.74. The van der Waals surface area contributed by atoms with E-state index >= 15 is 0 Å². The Hall–Kier alpha value is -0.0800. The lowest BCUT2D eigenvalue weighted by molar-refractivity contribution is 0.0391. The Balaban J connectivity index is 1.71. The Bertz CT molecular complexity index is 155. The molecule has 2 aliphatic rings. The molecule has 1 saturated carbocycles. The molecule has 1 heterocycles. The summed E-state index contributed by atoms with van der Waals surface area (Å²) in [6.45, 7) is 7.47. The van der Waals surface area contributed by atoms with E-state index in [1.807, 2.05) is 0 Å². The van der Waals surface area contributed by atoms with Crippen LogP contribution in [0.5, 0.6) is 0 Å². The van der Waals surface area contributed by atoms with Gasteiger partial charge in [0.2, 0.25) is 0 Å². The van der Waals surface area contributed by atoms with Crippen molar-refractivity contribution >= 4 is 0 Å². The lowest BCUT2D eigenvalue weighted by atomic mass is 9.77. The lowest BCUT2D eigenvalue weighted by Gasteiger charge is -2.45. The van der Waals surface area contributed by atoms with E-state index in [2.05, 4.69) is 23.8 Å². The molecule has 1 saturated heterocycles. The first kappa shape index (κ1) is 9.47. The van der Waals surface area contributed by atoms with E-state index < -0.39 is 0 Å². The van der Waals surface area contributed by atoms with Gasteiger partial charge in [0.25, 0.3) is 0 Å². The smallest absolute Gasteiger partial charge is 0.0113 e. The summed E-state index contributed by atoms with van der Waals surface area (Å²) in [5.41, 5.74) is 0. The van der Waals surface area contributed by atoms with Crippen LogP contribution in [0.15, 0.2) is 0 Å². The molecular weight excluding hydrogens is 160 g/mol. The summed E-state index contributed by atoms with van der Waals surface area (Å²) >= 11 is 0. The molecule has 0 aromatic rings. The van der Waals surface area contributed by atoms with E-state index in [0.29, 0.717) is 0 Å². The monoisotopic (exact) mass is 182 g/mol. The largest absolute Gasteiger partial charge is 0.304 e. The van der Waals surface area contributed by atoms with Gasteiger partial charge in [0, 0.05) is 32.2 Å². The zero-order chi connectivity index (χ0) is 9.26. The molecular formula is C11H22N2. The topological polar surface area (TPSA) is 6.48 Å². The first-order valence-electron chi connectivity index (χ1n) is 5.72. The highest BCUT2D eigenvalue weighted by Crippen LogP contribution is 2.34. The van der Waals surface area contributed by atoms with Gasteiger partial charge < -0.3 is 4.90 Å². The van der Waals surface area contributed by atoms with Crippen LogP contribution in [-0.2, 0) is 0 Å². The third kappa shape index (κ3) is 2.05. The molecule has 0 N–H and O–H groups in total. The second kappa shape index (κ2) is 3.97. The van der Waals surface area contributed by atoms with Crippen LogP contribution in [-0.4, -0.2) is 49.1 Å². The number of likely N-dealkylation sites (N-methyl/N-ethyl adjacent to an activating group) is 1. The van der Waals surface area contributed by atoms with Crippen LogP contribution in [0.1, 0.15) is 26.2 Å². The van der Waals surface area contributed by atoms with Crippen molar-refractivity contribution in [2.24, 2.45) is 5.92 Å². The predicted octanol–water partition coefficient (Wildman–Crippen LogP) is 1.42. The summed E-state index contributed by atoms with van der Waals surface area (Å²) in [4.78, 5) is 5.14. The Morgan fingerprint density at radius 1 is 1.08 bits per heavy atom. The molecule has 0 bridgehead atoms. The lowest BCUT2D eigenvalue weighted by Crippen LogP contribution is -2.53. The summed E-state index contributed by atoms with van der Waals surface area (Å²) in [6.07, 6.45) is 4.34. The SMILES string of the molecule is CCC1CC(N2CCN(C)CC2)C1. The van der Waals surface area contributed by atoms with E-state index in [9.17, 15) is 0 Å². The van der Waals surface area contributed by atoms with Gasteiger partial charge in [-0.3, -0.25) is 4.90 Å². The van der Waals surface area contributed by atoms with Gasteiger partial charge in [-0.25, -0.2) is 0 Å². The van der Waals surface area contributed by atoms with Gasteiger partial charge in [0.1, 0.15) is 0 Å². The molecule has 1 aliphatic carbocycles. The maximum atomic E-state index is 2.70. The Morgan fingerprint density at radius 2 is 1.69 bits per heavy atom. The summed E-state index contributed by atoms with van der Waals surface area (Å²) in [7, 11) is 2.23. The molecule has 2 fully saturated rings. The van der Waals surface area contributed by atoms with Crippen LogP contribution < -0.4 is 0 Å². The van der Waals surface area contributed by atoms with Crippen molar-refractivity contribution in [3.8, 4) is 0 Å². The van der Waals surface area contributed by atoms with E-state index in [-0.39, 0.29) is 0 Å². The summed E-state index contributed by atoms with van der Waals surface area (Å²) in [6, 6.07) is 0.943. The molecule has 0 aromatic carbocycles. The van der Waals surface area contributed by atoms with Gasteiger partial charge in [-0.15, -0.1) is 0 Å². The number of hydrogen-bond acceptors (Lipinski definition) is 2. The highest BCUT2D eigenvalue weighted by Gasteiger charge is 2.33. The third-order valence-electron chi connectivity index (χ3n) is 3.84. The zero-order valence-corrected chi connectivity index (χ0v) is 9.00. The van der Waals surface area contributed by atoms with Crippen molar-refractivity contribution in [3.05, 3.63) is 0 Å². The fraction of sp³-hybridized carbons (Fsp3) is 1.00. The predicted molar refractivity (Wildman–Crippen MR) is 55.9 cm³/mol. The van der Waals surface area contributed by atoms with Crippen molar-refractivity contribution in [2.45, 2.75) is 32.2 Å². The van der Waals surface area contributed by atoms with Crippen LogP contribution in [0.25, 0.3) is 0 Å². The van der Waals surface area contributed by atoms with E-state index in [0.717, 1.165) is 12.0 Å².